The van der Waals surface area contributed by atoms with E-state index >= 15 is 0 Å². The Hall–Kier alpha value is -1.02. The molecular weight excluding hydrogens is 208 g/mol. The molecule has 1 saturated heterocycles. The van der Waals surface area contributed by atoms with E-state index in [4.69, 9.17) is 0 Å². The molecule has 17 heavy (non-hydrogen) atoms. The summed E-state index contributed by atoms with van der Waals surface area (Å²) in [5.41, 5.74) is 5.85. The number of anilines is 1. The molecule has 2 aliphatic rings. The van der Waals surface area contributed by atoms with E-state index in [1.165, 1.54) is 36.3 Å². The predicted molar refractivity (Wildman–Crippen MR) is 72.8 cm³/mol. The number of likely N-dealkylation sites (tertiary alicyclic amines) is 1. The van der Waals surface area contributed by atoms with Crippen LogP contribution in [0.3, 0.4) is 0 Å². The fourth-order valence-corrected chi connectivity index (χ4v) is 3.66. The molecule has 2 aliphatic heterocycles. The van der Waals surface area contributed by atoms with Crippen molar-refractivity contribution in [2.24, 2.45) is 5.92 Å². The quantitative estimate of drug-likeness (QED) is 0.737. The van der Waals surface area contributed by atoms with Crippen molar-refractivity contribution in [1.29, 1.82) is 0 Å². The second-order valence-corrected chi connectivity index (χ2v) is 5.84. The topological polar surface area (TPSA) is 15.3 Å². The Kier molecular flexibility index (Phi) is 2.62. The lowest BCUT2D eigenvalue weighted by Crippen LogP contribution is -2.42. The molecule has 2 atom stereocenters. The summed E-state index contributed by atoms with van der Waals surface area (Å²) in [7, 11) is 2.24. The van der Waals surface area contributed by atoms with Crippen molar-refractivity contribution in [3.05, 3.63) is 28.8 Å². The lowest BCUT2D eigenvalue weighted by Gasteiger charge is -2.42. The van der Waals surface area contributed by atoms with Crippen LogP contribution in [0.5, 0.6) is 0 Å². The molecule has 2 heterocycles. The molecule has 0 bridgehead atoms. The maximum atomic E-state index is 3.64. The molecule has 2 nitrogen and oxygen atoms in total. The van der Waals surface area contributed by atoms with E-state index in [1.807, 2.05) is 0 Å². The average molecular weight is 230 g/mol. The number of aryl methyl sites for hydroxylation is 2. The van der Waals surface area contributed by atoms with E-state index < -0.39 is 0 Å². The number of hydrogen-bond donors (Lipinski definition) is 1. The lowest BCUT2D eigenvalue weighted by molar-refractivity contribution is 0.187. The molecule has 92 valence electrons. The first-order valence-electron chi connectivity index (χ1n) is 6.68. The summed E-state index contributed by atoms with van der Waals surface area (Å²) >= 11 is 0. The number of hydrogen-bond acceptors (Lipinski definition) is 2. The van der Waals surface area contributed by atoms with Crippen LogP contribution in [0.1, 0.15) is 29.0 Å². The van der Waals surface area contributed by atoms with Crippen molar-refractivity contribution in [3.63, 3.8) is 0 Å². The maximum Gasteiger partial charge on any atom is 0.0381 e. The van der Waals surface area contributed by atoms with Gasteiger partial charge < -0.3 is 10.2 Å². The van der Waals surface area contributed by atoms with Gasteiger partial charge in [0.25, 0.3) is 0 Å². The van der Waals surface area contributed by atoms with E-state index in [0.29, 0.717) is 0 Å². The minimum absolute atomic E-state index is 0.781. The molecule has 0 amide bonds. The molecular formula is C15H22N2. The monoisotopic (exact) mass is 230 g/mol. The first kappa shape index (κ1) is 11.1. The summed E-state index contributed by atoms with van der Waals surface area (Å²) < 4.78 is 0. The zero-order valence-electron chi connectivity index (χ0n) is 11.1. The highest BCUT2D eigenvalue weighted by Gasteiger charge is 2.34. The lowest BCUT2D eigenvalue weighted by atomic mass is 9.75. The number of nitrogens with zero attached hydrogens (tertiary/aromatic N) is 1. The van der Waals surface area contributed by atoms with Crippen LogP contribution in [0.4, 0.5) is 5.69 Å². The largest absolute Gasteiger partial charge is 0.384 e. The number of rotatable bonds is 0. The van der Waals surface area contributed by atoms with Crippen LogP contribution < -0.4 is 5.32 Å². The van der Waals surface area contributed by atoms with Gasteiger partial charge in [0.05, 0.1) is 0 Å². The van der Waals surface area contributed by atoms with Gasteiger partial charge in [0.1, 0.15) is 0 Å². The van der Waals surface area contributed by atoms with Gasteiger partial charge >= 0.3 is 0 Å². The highest BCUT2D eigenvalue weighted by molar-refractivity contribution is 5.60. The molecule has 1 aromatic carbocycles. The van der Waals surface area contributed by atoms with Crippen LogP contribution in [0.2, 0.25) is 0 Å². The van der Waals surface area contributed by atoms with Gasteiger partial charge in [0, 0.05) is 18.8 Å². The predicted octanol–water partition coefficient (Wildman–Crippen LogP) is 2.76. The van der Waals surface area contributed by atoms with Gasteiger partial charge in [-0.2, -0.15) is 0 Å². The zero-order chi connectivity index (χ0) is 12.0. The van der Waals surface area contributed by atoms with E-state index in [1.54, 1.807) is 5.56 Å². The fourth-order valence-electron chi connectivity index (χ4n) is 3.66. The third-order valence-corrected chi connectivity index (χ3v) is 4.39. The highest BCUT2D eigenvalue weighted by atomic mass is 15.1. The molecule has 1 aromatic rings. The van der Waals surface area contributed by atoms with Crippen LogP contribution in [-0.4, -0.2) is 31.6 Å². The first-order valence-corrected chi connectivity index (χ1v) is 6.68. The molecule has 0 spiro atoms. The smallest absolute Gasteiger partial charge is 0.0381 e. The Balaban J connectivity index is 2.01. The summed E-state index contributed by atoms with van der Waals surface area (Å²) in [6.07, 6.45) is 1.32. The minimum Gasteiger partial charge on any atom is -0.384 e. The summed E-state index contributed by atoms with van der Waals surface area (Å²) in [6.45, 7) is 8.09. The number of benzene rings is 1. The van der Waals surface area contributed by atoms with E-state index in [-0.39, 0.29) is 0 Å². The number of fused-ring (bicyclic) bond motifs is 3. The fraction of sp³-hybridized carbons (Fsp3) is 0.600. The Bertz CT molecular complexity index is 439. The minimum atomic E-state index is 0.781. The third kappa shape index (κ3) is 1.85. The molecule has 0 radical (unpaired) electrons. The van der Waals surface area contributed by atoms with Gasteiger partial charge in [0.2, 0.25) is 0 Å². The van der Waals surface area contributed by atoms with Crippen molar-refractivity contribution in [2.45, 2.75) is 26.2 Å². The summed E-state index contributed by atoms with van der Waals surface area (Å²) in [5, 5.41) is 3.64. The van der Waals surface area contributed by atoms with E-state index in [2.05, 4.69) is 43.2 Å². The molecule has 2 unspecified atom stereocenters. The summed E-state index contributed by atoms with van der Waals surface area (Å²) in [6, 6.07) is 4.65. The van der Waals surface area contributed by atoms with Gasteiger partial charge in [-0.05, 0) is 68.5 Å². The van der Waals surface area contributed by atoms with Gasteiger partial charge in [-0.25, -0.2) is 0 Å². The molecule has 0 aromatic heterocycles. The van der Waals surface area contributed by atoms with Crippen molar-refractivity contribution in [3.8, 4) is 0 Å². The molecule has 0 aliphatic carbocycles. The average Bonchev–Trinajstić information content (AvgIpc) is 2.28. The third-order valence-electron chi connectivity index (χ3n) is 4.39. The Morgan fingerprint density at radius 1 is 1.29 bits per heavy atom. The molecule has 1 N–H and O–H groups in total. The van der Waals surface area contributed by atoms with Crippen molar-refractivity contribution < 1.29 is 0 Å². The molecule has 0 saturated carbocycles. The van der Waals surface area contributed by atoms with Gasteiger partial charge in [0.15, 0.2) is 0 Å². The Morgan fingerprint density at radius 3 is 2.94 bits per heavy atom. The second-order valence-electron chi connectivity index (χ2n) is 5.84. The van der Waals surface area contributed by atoms with Crippen LogP contribution in [0, 0.1) is 19.8 Å². The van der Waals surface area contributed by atoms with E-state index in [9.17, 15) is 0 Å². The Labute approximate surface area is 104 Å². The van der Waals surface area contributed by atoms with Crippen LogP contribution in [0.15, 0.2) is 12.1 Å². The molecule has 2 heteroatoms. The summed E-state index contributed by atoms with van der Waals surface area (Å²) in [4.78, 5) is 2.47. The van der Waals surface area contributed by atoms with Crippen LogP contribution in [-0.2, 0) is 0 Å². The van der Waals surface area contributed by atoms with Gasteiger partial charge in [-0.1, -0.05) is 6.07 Å². The maximum absolute atomic E-state index is 3.64. The number of piperidine rings is 1. The van der Waals surface area contributed by atoms with Gasteiger partial charge in [-0.15, -0.1) is 0 Å². The molecule has 3 rings (SSSR count). The SMILES string of the molecule is Cc1cc(C)c2c(c1)NCC1CN(C)CCC21. The second kappa shape index (κ2) is 4.02. The molecule has 1 fully saturated rings. The number of nitrogens with one attached hydrogen (secondary N) is 1. The standard InChI is InChI=1S/C15H22N2/c1-10-6-11(2)15-13-4-5-17(3)9-12(13)8-16-14(15)7-10/h6-7,12-13,16H,4-5,8-9H2,1-3H3. The van der Waals surface area contributed by atoms with Crippen molar-refractivity contribution >= 4 is 5.69 Å². The van der Waals surface area contributed by atoms with Crippen molar-refractivity contribution in [1.82, 2.24) is 4.90 Å². The van der Waals surface area contributed by atoms with Crippen LogP contribution in [0.25, 0.3) is 0 Å². The van der Waals surface area contributed by atoms with Gasteiger partial charge in [-0.3, -0.25) is 0 Å². The van der Waals surface area contributed by atoms with E-state index in [0.717, 1.165) is 18.4 Å². The van der Waals surface area contributed by atoms with Crippen LogP contribution >= 0.6 is 0 Å². The first-order chi connectivity index (χ1) is 8.15. The summed E-state index contributed by atoms with van der Waals surface area (Å²) in [5.74, 6) is 1.57. The normalized spacial score (nSPS) is 28.2. The highest BCUT2D eigenvalue weighted by Crippen LogP contribution is 2.42. The zero-order valence-corrected chi connectivity index (χ0v) is 11.1. The Morgan fingerprint density at radius 2 is 2.12 bits per heavy atom. The van der Waals surface area contributed by atoms with Crippen molar-refractivity contribution in [2.75, 3.05) is 32.0 Å².